The number of benzene rings is 5. The molecule has 0 saturated carbocycles. The number of fused-ring (bicyclic) bond motifs is 11. The van der Waals surface area contributed by atoms with E-state index in [1.54, 1.807) is 11.3 Å². The average molecular weight is 557 g/mol. The van der Waals surface area contributed by atoms with Gasteiger partial charge in [-0.2, -0.15) is 0 Å². The summed E-state index contributed by atoms with van der Waals surface area (Å²) >= 11 is 1.79. The van der Waals surface area contributed by atoms with E-state index in [1.807, 2.05) is 13.0 Å². The monoisotopic (exact) mass is 556 g/mol. The molecule has 0 N–H and O–H groups in total. The average Bonchev–Trinajstić information content (AvgIpc) is 3.69. The van der Waals surface area contributed by atoms with Crippen molar-refractivity contribution < 1.29 is 0 Å². The minimum Gasteiger partial charge on any atom is -0.136 e. The summed E-state index contributed by atoms with van der Waals surface area (Å²) in [5.74, 6) is 0. The van der Waals surface area contributed by atoms with Gasteiger partial charge in [0.2, 0.25) is 0 Å². The smallest absolute Gasteiger partial charge is 0.0725 e. The zero-order valence-corrected chi connectivity index (χ0v) is 24.8. The summed E-state index contributed by atoms with van der Waals surface area (Å²) in [6, 6.07) is 42.2. The van der Waals surface area contributed by atoms with Crippen molar-refractivity contribution >= 4 is 33.1 Å². The van der Waals surface area contributed by atoms with Crippen LogP contribution in [0.5, 0.6) is 0 Å². The van der Waals surface area contributed by atoms with Gasteiger partial charge < -0.3 is 0 Å². The number of hydrogen-bond acceptors (Lipinski definition) is 1. The first-order chi connectivity index (χ1) is 20.6. The van der Waals surface area contributed by atoms with Gasteiger partial charge in [-0.15, -0.1) is 11.3 Å². The number of allylic oxidation sites excluding steroid dienone is 3. The van der Waals surface area contributed by atoms with Gasteiger partial charge in [-0.25, -0.2) is 0 Å². The quantitative estimate of drug-likeness (QED) is 0.190. The lowest BCUT2D eigenvalue weighted by Crippen LogP contribution is -2.25. The summed E-state index contributed by atoms with van der Waals surface area (Å²) < 4.78 is 1.35. The maximum atomic E-state index is 4.27. The highest BCUT2D eigenvalue weighted by atomic mass is 32.1. The van der Waals surface area contributed by atoms with Crippen molar-refractivity contribution in [1.29, 1.82) is 0 Å². The van der Waals surface area contributed by atoms with Gasteiger partial charge >= 0.3 is 0 Å². The van der Waals surface area contributed by atoms with E-state index in [2.05, 4.69) is 147 Å². The van der Waals surface area contributed by atoms with Crippen LogP contribution in [0.25, 0.3) is 44.0 Å². The van der Waals surface area contributed by atoms with Gasteiger partial charge in [0.05, 0.1) is 5.41 Å². The van der Waals surface area contributed by atoms with Crippen LogP contribution in [0, 0.1) is 6.92 Å². The number of rotatable bonds is 3. The Labute approximate surface area is 252 Å². The van der Waals surface area contributed by atoms with E-state index in [0.717, 1.165) is 5.57 Å². The van der Waals surface area contributed by atoms with Crippen molar-refractivity contribution in [3.05, 3.63) is 179 Å². The van der Waals surface area contributed by atoms with Crippen LogP contribution in [0.3, 0.4) is 0 Å². The number of thiophene rings is 1. The van der Waals surface area contributed by atoms with Crippen LogP contribution in [0.15, 0.2) is 141 Å². The molecule has 2 aliphatic carbocycles. The zero-order chi connectivity index (χ0) is 28.8. The van der Waals surface area contributed by atoms with Crippen LogP contribution in [-0.4, -0.2) is 0 Å². The summed E-state index contributed by atoms with van der Waals surface area (Å²) in [5, 5.41) is 1.36. The Morgan fingerprint density at radius 3 is 1.81 bits per heavy atom. The molecule has 0 radical (unpaired) electrons. The van der Waals surface area contributed by atoms with Crippen LogP contribution >= 0.6 is 11.3 Å². The first-order valence-corrected chi connectivity index (χ1v) is 15.3. The molecule has 0 amide bonds. The van der Waals surface area contributed by atoms with Gasteiger partial charge in [0.15, 0.2) is 0 Å². The number of hydrogen-bond donors (Lipinski definition) is 0. The molecule has 1 spiro atoms. The molecule has 1 heteroatoms. The normalized spacial score (nSPS) is 13.3. The molecule has 0 aliphatic heterocycles. The molecule has 5 aromatic carbocycles. The van der Waals surface area contributed by atoms with Gasteiger partial charge in [-0.3, -0.25) is 0 Å². The van der Waals surface area contributed by atoms with Gasteiger partial charge in [-0.1, -0.05) is 128 Å². The predicted octanol–water partition coefficient (Wildman–Crippen LogP) is 11.5. The largest absolute Gasteiger partial charge is 0.136 e. The Bertz CT molecular complexity index is 2000. The Morgan fingerprint density at radius 2 is 1.24 bits per heavy atom. The number of aryl methyl sites for hydroxylation is 1. The SMILES string of the molecule is C=C(/C=C\C)c1ccc2c(c1)-c1ccccc1C21c2ccccc2-c2ccccc21.C=Cc1cc2c(C)cccc2s1. The lowest BCUT2D eigenvalue weighted by molar-refractivity contribution is 0.793. The molecule has 2 aliphatic rings. The van der Waals surface area contributed by atoms with Gasteiger partial charge in [0, 0.05) is 9.58 Å². The molecule has 6 aromatic rings. The Morgan fingerprint density at radius 1 is 0.667 bits per heavy atom. The second-order valence-electron chi connectivity index (χ2n) is 11.0. The maximum absolute atomic E-state index is 4.27. The molecular weight excluding hydrogens is 525 g/mol. The van der Waals surface area contributed by atoms with Crippen molar-refractivity contribution in [2.75, 3.05) is 0 Å². The first-order valence-electron chi connectivity index (χ1n) is 14.4. The second kappa shape index (κ2) is 10.3. The van der Waals surface area contributed by atoms with Crippen molar-refractivity contribution in [1.82, 2.24) is 0 Å². The Balaban J connectivity index is 0.000000201. The molecule has 0 unspecified atom stereocenters. The van der Waals surface area contributed by atoms with Crippen molar-refractivity contribution in [3.8, 4) is 22.3 Å². The van der Waals surface area contributed by atoms with E-state index in [9.17, 15) is 0 Å². The molecule has 0 nitrogen and oxygen atoms in total. The lowest BCUT2D eigenvalue weighted by atomic mass is 9.70. The standard InChI is InChI=1S/C30H22.C11H10S/c1-3-10-20(2)21-17-18-29-25(19-21)24-13-6-9-16-28(24)30(29)26-14-7-4-11-22(26)23-12-5-8-15-27(23)30;1-3-9-7-10-8(2)5-4-6-11(10)12-9/h3-19H,2H2,1H3;3-7H,1H2,2H3/b10-3-;. The summed E-state index contributed by atoms with van der Waals surface area (Å²) in [7, 11) is 0. The van der Waals surface area contributed by atoms with E-state index >= 15 is 0 Å². The van der Waals surface area contributed by atoms with Gasteiger partial charge in [0.1, 0.15) is 0 Å². The summed E-state index contributed by atoms with van der Waals surface area (Å²) in [5.41, 5.74) is 14.2. The summed E-state index contributed by atoms with van der Waals surface area (Å²) in [6.45, 7) is 12.2. The van der Waals surface area contributed by atoms with Crippen molar-refractivity contribution in [2.45, 2.75) is 19.3 Å². The van der Waals surface area contributed by atoms with Crippen LogP contribution in [-0.2, 0) is 5.41 Å². The van der Waals surface area contributed by atoms with Crippen LogP contribution in [0.2, 0.25) is 0 Å². The molecule has 0 saturated heterocycles. The van der Waals surface area contributed by atoms with Gasteiger partial charge in [-0.05, 0) is 98.6 Å². The van der Waals surface area contributed by atoms with E-state index in [-0.39, 0.29) is 5.41 Å². The highest BCUT2D eigenvalue weighted by Crippen LogP contribution is 2.62. The highest BCUT2D eigenvalue weighted by molar-refractivity contribution is 7.19. The van der Waals surface area contributed by atoms with E-state index in [1.165, 1.54) is 70.6 Å². The fourth-order valence-electron chi connectivity index (χ4n) is 6.92. The summed E-state index contributed by atoms with van der Waals surface area (Å²) in [6.07, 6.45) is 6.04. The van der Waals surface area contributed by atoms with E-state index < -0.39 is 0 Å². The fraction of sp³-hybridized carbons (Fsp3) is 0.0732. The highest BCUT2D eigenvalue weighted by Gasteiger charge is 2.51. The predicted molar refractivity (Wildman–Crippen MR) is 183 cm³/mol. The molecule has 42 heavy (non-hydrogen) atoms. The molecule has 0 fully saturated rings. The Hall–Kier alpha value is -4.72. The van der Waals surface area contributed by atoms with E-state index in [0.29, 0.717) is 0 Å². The molecule has 202 valence electrons. The first kappa shape index (κ1) is 26.2. The summed E-state index contributed by atoms with van der Waals surface area (Å²) in [4.78, 5) is 1.25. The Kier molecular flexibility index (Phi) is 6.41. The van der Waals surface area contributed by atoms with Crippen LogP contribution in [0.4, 0.5) is 0 Å². The maximum Gasteiger partial charge on any atom is 0.0725 e. The minimum absolute atomic E-state index is 0.250. The molecule has 1 heterocycles. The molecule has 8 rings (SSSR count). The van der Waals surface area contributed by atoms with Crippen molar-refractivity contribution in [3.63, 3.8) is 0 Å². The van der Waals surface area contributed by atoms with Crippen LogP contribution < -0.4 is 0 Å². The molecule has 0 bridgehead atoms. The third-order valence-corrected chi connectivity index (χ3v) is 9.83. The molecule has 1 aromatic heterocycles. The minimum atomic E-state index is -0.250. The molecule has 0 atom stereocenters. The van der Waals surface area contributed by atoms with Gasteiger partial charge in [0.25, 0.3) is 0 Å². The van der Waals surface area contributed by atoms with Crippen LogP contribution in [0.1, 0.15) is 45.2 Å². The fourth-order valence-corrected chi connectivity index (χ4v) is 7.91. The lowest BCUT2D eigenvalue weighted by Gasteiger charge is -2.30. The topological polar surface area (TPSA) is 0 Å². The third-order valence-electron chi connectivity index (χ3n) is 8.74. The van der Waals surface area contributed by atoms with E-state index in [4.69, 9.17) is 0 Å². The third kappa shape index (κ3) is 3.81. The van der Waals surface area contributed by atoms with Crippen molar-refractivity contribution in [2.24, 2.45) is 0 Å². The zero-order valence-electron chi connectivity index (χ0n) is 24.0. The molecular formula is C41H32S. The second-order valence-corrected chi connectivity index (χ2v) is 12.1.